The second-order valence-corrected chi connectivity index (χ2v) is 9.96. The molecule has 0 bridgehead atoms. The zero-order valence-corrected chi connectivity index (χ0v) is 22.8. The third-order valence-corrected chi connectivity index (χ3v) is 6.56. The van der Waals surface area contributed by atoms with Gasteiger partial charge in [0.05, 0.1) is 11.3 Å². The van der Waals surface area contributed by atoms with Gasteiger partial charge in [-0.25, -0.2) is 19.2 Å². The van der Waals surface area contributed by atoms with Gasteiger partial charge in [0.25, 0.3) is 0 Å². The number of halogens is 4. The number of aryl methyl sites for hydroxylation is 2. The lowest BCUT2D eigenvalue weighted by Gasteiger charge is -2.29. The number of hydrogen-bond acceptors (Lipinski definition) is 6. The molecule has 1 aliphatic heterocycles. The summed E-state index contributed by atoms with van der Waals surface area (Å²) in [4.78, 5) is 31.1. The highest BCUT2D eigenvalue weighted by molar-refractivity contribution is 5.73. The van der Waals surface area contributed by atoms with Crippen molar-refractivity contribution in [3.63, 3.8) is 0 Å². The molecule has 0 aliphatic carbocycles. The van der Waals surface area contributed by atoms with Crippen molar-refractivity contribution < 1.29 is 42.1 Å². The van der Waals surface area contributed by atoms with Crippen molar-refractivity contribution in [2.24, 2.45) is 5.92 Å². The zero-order valence-electron chi connectivity index (χ0n) is 22.8. The molecule has 1 unspecified atom stereocenters. The minimum absolute atomic E-state index is 0.0730. The van der Waals surface area contributed by atoms with Crippen molar-refractivity contribution >= 4 is 11.9 Å². The second kappa shape index (κ2) is 13.5. The molecule has 12 heteroatoms. The Labute approximate surface area is 234 Å². The molecule has 8 nitrogen and oxygen atoms in total. The van der Waals surface area contributed by atoms with Crippen molar-refractivity contribution in [3.05, 3.63) is 76.4 Å². The SMILES string of the molecule is Cc1cccc(C)c1COc1ccc(-c2ncc3c(n2)CCN(CC(C)CC(=O)O)C3)c(F)c1.O=C(O)C(F)(F)F. The molecule has 0 radical (unpaired) electrons. The molecule has 2 heterocycles. The number of fused-ring (bicyclic) bond motifs is 1. The standard InChI is InChI=1S/C27H30FN3O3.C2HF3O2/c1-17(11-26(32)33)14-31-10-9-25-20(15-31)13-29-27(30-25)22-8-7-21(12-24(22)28)34-16-23-18(2)5-4-6-19(23)3;3-2(4,5)1(6)7/h4-8,12-13,17H,9-11,14-16H2,1-3H3,(H,32,33);(H,6,7). The number of aliphatic carboxylic acids is 2. The van der Waals surface area contributed by atoms with Crippen LogP contribution in [0, 0.1) is 25.6 Å². The van der Waals surface area contributed by atoms with Gasteiger partial charge in [0.1, 0.15) is 18.2 Å². The van der Waals surface area contributed by atoms with Crippen LogP contribution < -0.4 is 4.74 Å². The maximum atomic E-state index is 14.9. The number of rotatable bonds is 8. The molecule has 0 saturated heterocycles. The van der Waals surface area contributed by atoms with Crippen LogP contribution in [0.25, 0.3) is 11.4 Å². The van der Waals surface area contributed by atoms with Gasteiger partial charge < -0.3 is 14.9 Å². The average Bonchev–Trinajstić information content (AvgIpc) is 2.87. The van der Waals surface area contributed by atoms with Crippen LogP contribution in [0.3, 0.4) is 0 Å². The molecule has 41 heavy (non-hydrogen) atoms. The number of carbonyl (C=O) groups is 2. The molecule has 2 aromatic carbocycles. The Hall–Kier alpha value is -4.06. The first-order valence-electron chi connectivity index (χ1n) is 12.8. The summed E-state index contributed by atoms with van der Waals surface area (Å²) in [6.07, 6.45) is -2.44. The Morgan fingerprint density at radius 2 is 1.78 bits per heavy atom. The average molecular weight is 578 g/mol. The van der Waals surface area contributed by atoms with Gasteiger partial charge in [-0.05, 0) is 48.6 Å². The number of nitrogens with zero attached hydrogens (tertiary/aromatic N) is 3. The van der Waals surface area contributed by atoms with Gasteiger partial charge in [-0.2, -0.15) is 13.2 Å². The zero-order chi connectivity index (χ0) is 30.3. The van der Waals surface area contributed by atoms with E-state index in [0.29, 0.717) is 36.8 Å². The van der Waals surface area contributed by atoms with E-state index in [2.05, 4.69) is 14.9 Å². The topological polar surface area (TPSA) is 113 Å². The third-order valence-electron chi connectivity index (χ3n) is 6.56. The van der Waals surface area contributed by atoms with Crippen molar-refractivity contribution in [2.75, 3.05) is 13.1 Å². The fourth-order valence-electron chi connectivity index (χ4n) is 4.46. The van der Waals surface area contributed by atoms with Crippen LogP contribution in [0.5, 0.6) is 5.75 Å². The highest BCUT2D eigenvalue weighted by atomic mass is 19.4. The molecule has 0 amide bonds. The Balaban J connectivity index is 0.000000587. The smallest absolute Gasteiger partial charge is 0.489 e. The summed E-state index contributed by atoms with van der Waals surface area (Å²) in [5.41, 5.74) is 5.67. The van der Waals surface area contributed by atoms with Crippen molar-refractivity contribution in [1.29, 1.82) is 0 Å². The normalized spacial score (nSPS) is 13.9. The van der Waals surface area contributed by atoms with Gasteiger partial charge in [0.15, 0.2) is 5.82 Å². The van der Waals surface area contributed by atoms with E-state index in [1.807, 2.05) is 39.0 Å². The highest BCUT2D eigenvalue weighted by Gasteiger charge is 2.38. The molecule has 1 atom stereocenters. The number of benzene rings is 2. The number of carboxylic acid groups (broad SMARTS) is 2. The molecule has 4 rings (SSSR count). The van der Waals surface area contributed by atoms with Crippen LogP contribution >= 0.6 is 0 Å². The van der Waals surface area contributed by atoms with Gasteiger partial charge in [-0.3, -0.25) is 9.69 Å². The molecule has 1 aliphatic rings. The van der Waals surface area contributed by atoms with Gasteiger partial charge in [-0.15, -0.1) is 0 Å². The first-order chi connectivity index (χ1) is 19.2. The summed E-state index contributed by atoms with van der Waals surface area (Å²) in [6, 6.07) is 10.9. The first-order valence-corrected chi connectivity index (χ1v) is 12.8. The molecule has 0 saturated carbocycles. The lowest BCUT2D eigenvalue weighted by atomic mass is 10.0. The summed E-state index contributed by atoms with van der Waals surface area (Å²) in [5.74, 6) is -3.05. The predicted octanol–water partition coefficient (Wildman–Crippen LogP) is 5.58. The number of alkyl halides is 3. The van der Waals surface area contributed by atoms with Gasteiger partial charge in [0, 0.05) is 50.3 Å². The summed E-state index contributed by atoms with van der Waals surface area (Å²) in [6.45, 7) is 8.59. The number of ether oxygens (including phenoxy) is 1. The third kappa shape index (κ3) is 8.97. The maximum Gasteiger partial charge on any atom is 0.490 e. The van der Waals surface area contributed by atoms with E-state index in [9.17, 15) is 22.4 Å². The van der Waals surface area contributed by atoms with Crippen LogP contribution in [0.1, 0.15) is 41.3 Å². The van der Waals surface area contributed by atoms with E-state index in [4.69, 9.17) is 19.7 Å². The fourth-order valence-corrected chi connectivity index (χ4v) is 4.46. The summed E-state index contributed by atoms with van der Waals surface area (Å²) < 4.78 is 52.5. The van der Waals surface area contributed by atoms with Gasteiger partial charge >= 0.3 is 18.1 Å². The van der Waals surface area contributed by atoms with E-state index in [-0.39, 0.29) is 12.3 Å². The summed E-state index contributed by atoms with van der Waals surface area (Å²) >= 11 is 0. The van der Waals surface area contributed by atoms with E-state index >= 15 is 0 Å². The Kier molecular flexibility index (Phi) is 10.4. The fraction of sp³-hybridized carbons (Fsp3) is 0.379. The Morgan fingerprint density at radius 1 is 1.12 bits per heavy atom. The largest absolute Gasteiger partial charge is 0.490 e. The molecule has 0 fully saturated rings. The van der Waals surface area contributed by atoms with E-state index in [0.717, 1.165) is 40.9 Å². The molecule has 220 valence electrons. The van der Waals surface area contributed by atoms with E-state index in [1.165, 1.54) is 6.07 Å². The van der Waals surface area contributed by atoms with Crippen LogP contribution in [0.15, 0.2) is 42.6 Å². The molecular weight excluding hydrogens is 546 g/mol. The van der Waals surface area contributed by atoms with E-state index < -0.39 is 23.9 Å². The van der Waals surface area contributed by atoms with Gasteiger partial charge in [0.2, 0.25) is 0 Å². The molecule has 0 spiro atoms. The van der Waals surface area contributed by atoms with Crippen molar-refractivity contribution in [1.82, 2.24) is 14.9 Å². The quantitative estimate of drug-likeness (QED) is 0.334. The molecular formula is C29H31F4N3O5. The van der Waals surface area contributed by atoms with Crippen molar-refractivity contribution in [3.8, 4) is 17.1 Å². The lowest BCUT2D eigenvalue weighted by molar-refractivity contribution is -0.192. The number of aromatic nitrogens is 2. The summed E-state index contributed by atoms with van der Waals surface area (Å²) in [5, 5.41) is 16.1. The minimum Gasteiger partial charge on any atom is -0.489 e. The molecule has 1 aromatic heterocycles. The monoisotopic (exact) mass is 577 g/mol. The lowest BCUT2D eigenvalue weighted by Crippen LogP contribution is -2.35. The van der Waals surface area contributed by atoms with Crippen LogP contribution in [-0.4, -0.2) is 56.3 Å². The van der Waals surface area contributed by atoms with E-state index in [1.54, 1.807) is 18.3 Å². The minimum atomic E-state index is -5.08. The van der Waals surface area contributed by atoms with Gasteiger partial charge in [-0.1, -0.05) is 25.1 Å². The highest BCUT2D eigenvalue weighted by Crippen LogP contribution is 2.27. The summed E-state index contributed by atoms with van der Waals surface area (Å²) in [7, 11) is 0. The van der Waals surface area contributed by atoms with Crippen LogP contribution in [0.2, 0.25) is 0 Å². The maximum absolute atomic E-state index is 14.9. The predicted molar refractivity (Wildman–Crippen MR) is 142 cm³/mol. The second-order valence-electron chi connectivity index (χ2n) is 9.96. The molecule has 3 aromatic rings. The van der Waals surface area contributed by atoms with Crippen LogP contribution in [0.4, 0.5) is 17.6 Å². The number of hydrogen-bond donors (Lipinski definition) is 2. The van der Waals surface area contributed by atoms with Crippen LogP contribution in [-0.2, 0) is 29.2 Å². The first kappa shape index (κ1) is 31.5. The Morgan fingerprint density at radius 3 is 2.37 bits per heavy atom. The Bertz CT molecular complexity index is 1380. The number of carboxylic acids is 2. The van der Waals surface area contributed by atoms with Crippen molar-refractivity contribution in [2.45, 2.75) is 52.9 Å². The molecule has 2 N–H and O–H groups in total.